The number of rotatable bonds is 5. The van der Waals surface area contributed by atoms with Crippen molar-refractivity contribution < 1.29 is 0 Å². The van der Waals surface area contributed by atoms with Gasteiger partial charge in [-0.05, 0) is 72.4 Å². The molecule has 2 aromatic carbocycles. The first kappa shape index (κ1) is 14.9. The molecule has 21 heavy (non-hydrogen) atoms. The van der Waals surface area contributed by atoms with Gasteiger partial charge in [0.15, 0.2) is 0 Å². The summed E-state index contributed by atoms with van der Waals surface area (Å²) in [5, 5.41) is 0.791. The van der Waals surface area contributed by atoms with Crippen LogP contribution >= 0.6 is 23.2 Å². The first-order chi connectivity index (χ1) is 10.2. The maximum atomic E-state index is 6.19. The van der Waals surface area contributed by atoms with Crippen LogP contribution in [0.4, 0.5) is 0 Å². The predicted molar refractivity (Wildman–Crippen MR) is 91.5 cm³/mol. The summed E-state index contributed by atoms with van der Waals surface area (Å²) in [4.78, 5) is 0. The lowest BCUT2D eigenvalue weighted by Crippen LogP contribution is -2.10. The van der Waals surface area contributed by atoms with E-state index >= 15 is 0 Å². The Morgan fingerprint density at radius 2 is 1.52 bits per heavy atom. The largest absolute Gasteiger partial charge is 0.126 e. The highest BCUT2D eigenvalue weighted by Crippen LogP contribution is 2.25. The van der Waals surface area contributed by atoms with Gasteiger partial charge in [-0.25, -0.2) is 0 Å². The second-order valence-corrected chi connectivity index (χ2v) is 6.76. The number of alkyl halides is 1. The molecular formula is C19H20Cl2. The summed E-state index contributed by atoms with van der Waals surface area (Å²) in [6.07, 6.45) is 5.87. The van der Waals surface area contributed by atoms with Gasteiger partial charge in [0.1, 0.15) is 0 Å². The summed E-state index contributed by atoms with van der Waals surface area (Å²) in [7, 11) is 0. The summed E-state index contributed by atoms with van der Waals surface area (Å²) in [5.41, 5.74) is 5.83. The van der Waals surface area contributed by atoms with Gasteiger partial charge in [-0.1, -0.05) is 41.9 Å². The molecule has 0 heterocycles. The fraction of sp³-hybridized carbons (Fsp3) is 0.368. The highest BCUT2D eigenvalue weighted by molar-refractivity contribution is 6.30. The number of aryl methyl sites for hydroxylation is 2. The van der Waals surface area contributed by atoms with Gasteiger partial charge in [0.25, 0.3) is 0 Å². The molecule has 0 saturated heterocycles. The maximum absolute atomic E-state index is 6.19. The molecule has 1 aliphatic carbocycles. The smallest absolute Gasteiger partial charge is 0.0406 e. The molecule has 0 fully saturated rings. The Bertz CT molecular complexity index is 601. The first-order valence-corrected chi connectivity index (χ1v) is 8.57. The van der Waals surface area contributed by atoms with Crippen molar-refractivity contribution in [3.8, 4) is 0 Å². The molecule has 0 aromatic heterocycles. The fourth-order valence-electron chi connectivity index (χ4n) is 3.22. The zero-order valence-corrected chi connectivity index (χ0v) is 13.6. The molecule has 0 amide bonds. The Hall–Kier alpha value is -0.980. The number of halogens is 2. The maximum Gasteiger partial charge on any atom is 0.0406 e. The number of benzene rings is 2. The molecule has 1 aliphatic rings. The SMILES string of the molecule is ClCC(Cc1ccc(Cl)cc1)Cc1ccc2c(c1)CCC2. The Kier molecular flexibility index (Phi) is 4.87. The molecule has 0 saturated carbocycles. The van der Waals surface area contributed by atoms with Crippen LogP contribution in [0.1, 0.15) is 28.7 Å². The van der Waals surface area contributed by atoms with Crippen molar-refractivity contribution in [3.05, 3.63) is 69.7 Å². The van der Waals surface area contributed by atoms with Crippen molar-refractivity contribution in [1.29, 1.82) is 0 Å². The summed E-state index contributed by atoms with van der Waals surface area (Å²) in [5.74, 6) is 1.17. The third-order valence-electron chi connectivity index (χ3n) is 4.34. The highest BCUT2D eigenvalue weighted by atomic mass is 35.5. The molecule has 3 rings (SSSR count). The third-order valence-corrected chi connectivity index (χ3v) is 5.03. The van der Waals surface area contributed by atoms with Crippen LogP contribution in [0.25, 0.3) is 0 Å². The molecule has 0 N–H and O–H groups in total. The van der Waals surface area contributed by atoms with Crippen molar-refractivity contribution in [2.24, 2.45) is 5.92 Å². The van der Waals surface area contributed by atoms with Gasteiger partial charge < -0.3 is 0 Å². The normalized spacial score (nSPS) is 15.0. The summed E-state index contributed by atoms with van der Waals surface area (Å²) < 4.78 is 0. The van der Waals surface area contributed by atoms with E-state index in [0.717, 1.165) is 17.9 Å². The Morgan fingerprint density at radius 3 is 2.29 bits per heavy atom. The first-order valence-electron chi connectivity index (χ1n) is 7.65. The molecule has 0 nitrogen and oxygen atoms in total. The van der Waals surface area contributed by atoms with Crippen LogP contribution in [0, 0.1) is 5.92 Å². The standard InChI is InChI=1S/C19H20Cl2/c20-13-16(10-14-5-8-19(21)9-6-14)11-15-4-7-17-2-1-3-18(17)12-15/h4-9,12,16H,1-3,10-11,13H2. The third kappa shape index (κ3) is 3.81. The Labute approximate surface area is 137 Å². The summed E-state index contributed by atoms with van der Waals surface area (Å²) >= 11 is 12.1. The molecule has 1 atom stereocenters. The van der Waals surface area contributed by atoms with Gasteiger partial charge in [-0.15, -0.1) is 11.6 Å². The van der Waals surface area contributed by atoms with E-state index in [2.05, 4.69) is 30.3 Å². The highest BCUT2D eigenvalue weighted by Gasteiger charge is 2.14. The molecule has 0 bridgehead atoms. The molecule has 0 spiro atoms. The fourth-order valence-corrected chi connectivity index (χ4v) is 3.56. The van der Waals surface area contributed by atoms with Crippen LogP contribution in [-0.2, 0) is 25.7 Å². The second kappa shape index (κ2) is 6.85. The van der Waals surface area contributed by atoms with Crippen molar-refractivity contribution in [1.82, 2.24) is 0 Å². The van der Waals surface area contributed by atoms with E-state index in [-0.39, 0.29) is 0 Å². The van der Waals surface area contributed by atoms with Gasteiger partial charge >= 0.3 is 0 Å². The molecule has 110 valence electrons. The lowest BCUT2D eigenvalue weighted by atomic mass is 9.93. The van der Waals surface area contributed by atoms with Crippen LogP contribution in [0.15, 0.2) is 42.5 Å². The van der Waals surface area contributed by atoms with Crippen molar-refractivity contribution >= 4 is 23.2 Å². The number of hydrogen-bond donors (Lipinski definition) is 0. The van der Waals surface area contributed by atoms with E-state index in [4.69, 9.17) is 23.2 Å². The summed E-state index contributed by atoms with van der Waals surface area (Å²) in [6, 6.07) is 15.1. The van der Waals surface area contributed by atoms with E-state index in [1.165, 1.54) is 30.4 Å². The van der Waals surface area contributed by atoms with Gasteiger partial charge in [0, 0.05) is 10.9 Å². The van der Waals surface area contributed by atoms with Crippen molar-refractivity contribution in [2.45, 2.75) is 32.1 Å². The van der Waals surface area contributed by atoms with Crippen LogP contribution in [-0.4, -0.2) is 5.88 Å². The topological polar surface area (TPSA) is 0 Å². The Balaban J connectivity index is 1.68. The zero-order valence-electron chi connectivity index (χ0n) is 12.1. The quantitative estimate of drug-likeness (QED) is 0.641. The molecule has 2 aromatic rings. The van der Waals surface area contributed by atoms with E-state index < -0.39 is 0 Å². The molecule has 1 unspecified atom stereocenters. The lowest BCUT2D eigenvalue weighted by Gasteiger charge is -2.15. The number of fused-ring (bicyclic) bond motifs is 1. The van der Waals surface area contributed by atoms with Crippen LogP contribution in [0.2, 0.25) is 5.02 Å². The van der Waals surface area contributed by atoms with Crippen molar-refractivity contribution in [3.63, 3.8) is 0 Å². The molecular weight excluding hydrogens is 299 g/mol. The van der Waals surface area contributed by atoms with Crippen molar-refractivity contribution in [2.75, 3.05) is 5.88 Å². The lowest BCUT2D eigenvalue weighted by molar-refractivity contribution is 0.583. The van der Waals surface area contributed by atoms with Gasteiger partial charge in [-0.3, -0.25) is 0 Å². The minimum absolute atomic E-state index is 0.479. The van der Waals surface area contributed by atoms with E-state index in [0.29, 0.717) is 11.8 Å². The van der Waals surface area contributed by atoms with Gasteiger partial charge in [0.05, 0.1) is 0 Å². The number of hydrogen-bond acceptors (Lipinski definition) is 0. The predicted octanol–water partition coefficient (Wildman–Crippen LogP) is 5.47. The van der Waals surface area contributed by atoms with Gasteiger partial charge in [0.2, 0.25) is 0 Å². The van der Waals surface area contributed by atoms with E-state index in [1.54, 1.807) is 11.1 Å². The monoisotopic (exact) mass is 318 g/mol. The average Bonchev–Trinajstić information content (AvgIpc) is 2.96. The van der Waals surface area contributed by atoms with Crippen LogP contribution in [0.3, 0.4) is 0 Å². The van der Waals surface area contributed by atoms with Gasteiger partial charge in [-0.2, -0.15) is 0 Å². The average molecular weight is 319 g/mol. The molecule has 0 radical (unpaired) electrons. The van der Waals surface area contributed by atoms with E-state index in [1.807, 2.05) is 12.1 Å². The molecule has 2 heteroatoms. The second-order valence-electron chi connectivity index (χ2n) is 6.01. The zero-order chi connectivity index (χ0) is 14.7. The Morgan fingerprint density at radius 1 is 0.857 bits per heavy atom. The molecule has 0 aliphatic heterocycles. The van der Waals surface area contributed by atoms with Crippen LogP contribution in [0.5, 0.6) is 0 Å². The van der Waals surface area contributed by atoms with Crippen LogP contribution < -0.4 is 0 Å². The minimum Gasteiger partial charge on any atom is -0.126 e. The van der Waals surface area contributed by atoms with E-state index in [9.17, 15) is 0 Å². The summed E-state index contributed by atoms with van der Waals surface area (Å²) in [6.45, 7) is 0. The minimum atomic E-state index is 0.479.